The summed E-state index contributed by atoms with van der Waals surface area (Å²) in [6.45, 7) is 1.07. The van der Waals surface area contributed by atoms with Crippen molar-refractivity contribution in [3.63, 3.8) is 0 Å². The van der Waals surface area contributed by atoms with Gasteiger partial charge < -0.3 is 10.4 Å². The fraction of sp³-hybridized carbons (Fsp3) is 0.222. The van der Waals surface area contributed by atoms with Crippen LogP contribution in [0.15, 0.2) is 24.8 Å². The molecule has 0 amide bonds. The number of hydrogen-bond donors (Lipinski definition) is 2. The molecule has 2 N–H and O–H groups in total. The Bertz CT molecular complexity index is 497. The van der Waals surface area contributed by atoms with Gasteiger partial charge in [0.25, 0.3) is 0 Å². The topological polar surface area (TPSA) is 106 Å². The fourth-order valence-corrected chi connectivity index (χ4v) is 1.20. The van der Waals surface area contributed by atoms with Crippen molar-refractivity contribution in [3.05, 3.63) is 30.5 Å². The summed E-state index contributed by atoms with van der Waals surface area (Å²) in [6.07, 6.45) is 4.46. The highest BCUT2D eigenvalue weighted by atomic mass is 16.4. The smallest absolute Gasteiger partial charge is 0.358 e. The number of carboxylic acids is 1. The van der Waals surface area contributed by atoms with E-state index in [0.29, 0.717) is 18.9 Å². The van der Waals surface area contributed by atoms with Gasteiger partial charge in [0.15, 0.2) is 5.69 Å². The molecule has 0 saturated heterocycles. The summed E-state index contributed by atoms with van der Waals surface area (Å²) in [5.41, 5.74) is -0.0629. The van der Waals surface area contributed by atoms with Crippen molar-refractivity contribution >= 4 is 11.8 Å². The number of carboxylic acid groups (broad SMARTS) is 1. The molecule has 0 aromatic carbocycles. The summed E-state index contributed by atoms with van der Waals surface area (Å²) in [6, 6.07) is 1.74. The molecule has 0 unspecified atom stereocenters. The van der Waals surface area contributed by atoms with Gasteiger partial charge in [-0.05, 0) is 6.07 Å². The monoisotopic (exact) mass is 234 g/mol. The molecule has 0 aliphatic heterocycles. The maximum absolute atomic E-state index is 10.6. The highest BCUT2D eigenvalue weighted by molar-refractivity contribution is 5.84. The lowest BCUT2D eigenvalue weighted by atomic mass is 10.5. The number of aromatic nitrogens is 5. The van der Waals surface area contributed by atoms with Crippen LogP contribution in [-0.2, 0) is 6.54 Å². The van der Waals surface area contributed by atoms with Crippen LogP contribution < -0.4 is 5.32 Å². The molecule has 2 aromatic heterocycles. The summed E-state index contributed by atoms with van der Waals surface area (Å²) in [4.78, 5) is 18.3. The van der Waals surface area contributed by atoms with E-state index in [-0.39, 0.29) is 5.69 Å². The van der Waals surface area contributed by atoms with Gasteiger partial charge in [0.1, 0.15) is 12.1 Å². The minimum absolute atomic E-state index is 0.0629. The number of nitrogens with one attached hydrogen (secondary N) is 1. The number of rotatable bonds is 5. The van der Waals surface area contributed by atoms with Gasteiger partial charge in [-0.3, -0.25) is 0 Å². The van der Waals surface area contributed by atoms with Gasteiger partial charge >= 0.3 is 5.97 Å². The largest absolute Gasteiger partial charge is 0.476 e. The lowest BCUT2D eigenvalue weighted by molar-refractivity contribution is 0.0690. The van der Waals surface area contributed by atoms with Gasteiger partial charge in [0, 0.05) is 12.7 Å². The molecule has 8 heteroatoms. The van der Waals surface area contributed by atoms with Crippen LogP contribution in [0.1, 0.15) is 10.5 Å². The van der Waals surface area contributed by atoms with Crippen LogP contribution in [0.25, 0.3) is 0 Å². The number of aromatic carboxylic acids is 1. The first-order chi connectivity index (χ1) is 8.25. The Balaban J connectivity index is 1.84. The van der Waals surface area contributed by atoms with Crippen LogP contribution in [0.5, 0.6) is 0 Å². The molecule has 2 rings (SSSR count). The number of hydrogen-bond acceptors (Lipinski definition) is 6. The molecule has 0 radical (unpaired) electrons. The predicted molar refractivity (Wildman–Crippen MR) is 57.5 cm³/mol. The van der Waals surface area contributed by atoms with Crippen LogP contribution in [0.3, 0.4) is 0 Å². The Kier molecular flexibility index (Phi) is 3.24. The van der Waals surface area contributed by atoms with Crippen LogP contribution in [0.4, 0.5) is 5.82 Å². The second-order valence-corrected chi connectivity index (χ2v) is 3.19. The van der Waals surface area contributed by atoms with E-state index in [0.717, 1.165) is 0 Å². The van der Waals surface area contributed by atoms with Crippen LogP contribution in [-0.4, -0.2) is 42.6 Å². The number of nitrogens with zero attached hydrogens (tertiary/aromatic N) is 5. The molecule has 2 aromatic rings. The molecule has 0 atom stereocenters. The molecule has 17 heavy (non-hydrogen) atoms. The Morgan fingerprint density at radius 1 is 1.53 bits per heavy atom. The first-order valence-electron chi connectivity index (χ1n) is 4.89. The standard InChI is InChI=1S/C9H10N6O2/c16-9(17)7-5-15(14-13-7)4-3-11-8-1-2-10-6-12-8/h1-2,5-6H,3-4H2,(H,16,17)(H,10,11,12). The SMILES string of the molecule is O=C(O)c1cn(CCNc2ccncn2)nn1. The summed E-state index contributed by atoms with van der Waals surface area (Å²) in [5, 5.41) is 18.9. The third-order valence-electron chi connectivity index (χ3n) is 1.99. The second-order valence-electron chi connectivity index (χ2n) is 3.19. The van der Waals surface area contributed by atoms with Crippen molar-refractivity contribution in [2.45, 2.75) is 6.54 Å². The Hall–Kier alpha value is -2.51. The fourth-order valence-electron chi connectivity index (χ4n) is 1.20. The van der Waals surface area contributed by atoms with E-state index >= 15 is 0 Å². The van der Waals surface area contributed by atoms with E-state index in [2.05, 4.69) is 25.6 Å². The van der Waals surface area contributed by atoms with Gasteiger partial charge in [-0.1, -0.05) is 5.21 Å². The van der Waals surface area contributed by atoms with Gasteiger partial charge in [-0.2, -0.15) is 0 Å². The maximum Gasteiger partial charge on any atom is 0.358 e. The van der Waals surface area contributed by atoms with E-state index < -0.39 is 5.97 Å². The lowest BCUT2D eigenvalue weighted by Gasteiger charge is -2.03. The van der Waals surface area contributed by atoms with Crippen molar-refractivity contribution in [3.8, 4) is 0 Å². The van der Waals surface area contributed by atoms with Crippen molar-refractivity contribution in [2.24, 2.45) is 0 Å². The minimum Gasteiger partial charge on any atom is -0.476 e. The molecule has 0 saturated carbocycles. The first kappa shape index (κ1) is 11.0. The summed E-state index contributed by atoms with van der Waals surface area (Å²) in [5.74, 6) is -0.376. The average Bonchev–Trinajstić information content (AvgIpc) is 2.79. The quantitative estimate of drug-likeness (QED) is 0.742. The van der Waals surface area contributed by atoms with E-state index in [9.17, 15) is 4.79 Å². The van der Waals surface area contributed by atoms with Crippen LogP contribution >= 0.6 is 0 Å². The van der Waals surface area contributed by atoms with Crippen LogP contribution in [0.2, 0.25) is 0 Å². The third-order valence-corrected chi connectivity index (χ3v) is 1.99. The molecule has 0 aliphatic rings. The van der Waals surface area contributed by atoms with E-state index in [1.165, 1.54) is 17.2 Å². The predicted octanol–water partition coefficient (Wildman–Crippen LogP) is -0.122. The molecule has 0 aliphatic carbocycles. The number of anilines is 1. The van der Waals surface area contributed by atoms with Crippen molar-refractivity contribution in [2.75, 3.05) is 11.9 Å². The molecule has 0 bridgehead atoms. The number of carbonyl (C=O) groups is 1. The average molecular weight is 234 g/mol. The van der Waals surface area contributed by atoms with E-state index in [1.54, 1.807) is 12.3 Å². The summed E-state index contributed by atoms with van der Waals surface area (Å²) >= 11 is 0. The minimum atomic E-state index is -1.08. The second kappa shape index (κ2) is 5.01. The zero-order chi connectivity index (χ0) is 12.1. The first-order valence-corrected chi connectivity index (χ1v) is 4.89. The summed E-state index contributed by atoms with van der Waals surface area (Å²) < 4.78 is 1.46. The van der Waals surface area contributed by atoms with Crippen molar-refractivity contribution < 1.29 is 9.90 Å². The molecule has 0 spiro atoms. The van der Waals surface area contributed by atoms with Gasteiger partial charge in [0.2, 0.25) is 0 Å². The Labute approximate surface area is 96.3 Å². The Morgan fingerprint density at radius 2 is 2.41 bits per heavy atom. The van der Waals surface area contributed by atoms with Gasteiger partial charge in [-0.25, -0.2) is 19.4 Å². The lowest BCUT2D eigenvalue weighted by Crippen LogP contribution is -2.11. The zero-order valence-corrected chi connectivity index (χ0v) is 8.82. The normalized spacial score (nSPS) is 10.1. The molecular weight excluding hydrogens is 224 g/mol. The molecular formula is C9H10N6O2. The molecule has 2 heterocycles. The van der Waals surface area contributed by atoms with Crippen LogP contribution in [0, 0.1) is 0 Å². The maximum atomic E-state index is 10.6. The molecule has 8 nitrogen and oxygen atoms in total. The third kappa shape index (κ3) is 2.97. The van der Waals surface area contributed by atoms with Crippen molar-refractivity contribution in [1.29, 1.82) is 0 Å². The van der Waals surface area contributed by atoms with Crippen molar-refractivity contribution in [1.82, 2.24) is 25.0 Å². The Morgan fingerprint density at radius 3 is 3.06 bits per heavy atom. The van der Waals surface area contributed by atoms with E-state index in [4.69, 9.17) is 5.11 Å². The van der Waals surface area contributed by atoms with Gasteiger partial charge in [-0.15, -0.1) is 5.10 Å². The van der Waals surface area contributed by atoms with E-state index in [1.807, 2.05) is 0 Å². The molecule has 0 fully saturated rings. The van der Waals surface area contributed by atoms with Gasteiger partial charge in [0.05, 0.1) is 12.7 Å². The highest BCUT2D eigenvalue weighted by Crippen LogP contribution is 1.97. The zero-order valence-electron chi connectivity index (χ0n) is 8.82. The summed E-state index contributed by atoms with van der Waals surface area (Å²) in [7, 11) is 0. The highest BCUT2D eigenvalue weighted by Gasteiger charge is 2.07. The molecule has 88 valence electrons.